The van der Waals surface area contributed by atoms with Gasteiger partial charge in [-0.3, -0.25) is 0 Å². The lowest BCUT2D eigenvalue weighted by Gasteiger charge is -2.12. The second-order valence-corrected chi connectivity index (χ2v) is 7.94. The van der Waals surface area contributed by atoms with Crippen molar-refractivity contribution in [1.29, 1.82) is 0 Å². The average molecular weight is 333 g/mol. The van der Waals surface area contributed by atoms with Crippen molar-refractivity contribution in [3.63, 3.8) is 0 Å². The number of methoxy groups -OCH3 is 4. The fourth-order valence-electron chi connectivity index (χ4n) is 2.04. The molecule has 0 unspecified atom stereocenters. The van der Waals surface area contributed by atoms with Crippen molar-refractivity contribution in [1.82, 2.24) is 0 Å². The Labute approximate surface area is 135 Å². The summed E-state index contributed by atoms with van der Waals surface area (Å²) >= 11 is 0. The van der Waals surface area contributed by atoms with Crippen molar-refractivity contribution in [2.24, 2.45) is 0 Å². The lowest BCUT2D eigenvalue weighted by atomic mass is 10.3. The summed E-state index contributed by atoms with van der Waals surface area (Å²) in [6.45, 7) is 0. The maximum absolute atomic E-state index is 5.18. The van der Waals surface area contributed by atoms with Gasteiger partial charge in [-0.25, -0.2) is 0 Å². The molecule has 124 valence electrons. The third-order valence-electron chi connectivity index (χ3n) is 3.35. The third kappa shape index (κ3) is 13.6. The second kappa shape index (κ2) is 16.6. The van der Waals surface area contributed by atoms with Crippen LogP contribution >= 0.6 is 0 Å². The summed E-state index contributed by atoms with van der Waals surface area (Å²) < 4.78 is 20.7. The van der Waals surface area contributed by atoms with Gasteiger partial charge in [-0.1, -0.05) is 43.4 Å². The van der Waals surface area contributed by atoms with Crippen LogP contribution in [-0.4, -0.2) is 60.1 Å². The molecule has 6 heteroatoms. The summed E-state index contributed by atoms with van der Waals surface area (Å²) in [5.74, 6) is 0. The molecule has 0 aromatic heterocycles. The lowest BCUT2D eigenvalue weighted by molar-refractivity contribution is -0.106. The van der Waals surface area contributed by atoms with Gasteiger partial charge in [0.05, 0.1) is 0 Å². The van der Waals surface area contributed by atoms with Gasteiger partial charge in [0.1, 0.15) is 0 Å². The smallest absolute Gasteiger partial charge is 0.156 e. The van der Waals surface area contributed by atoms with Crippen LogP contribution in [0.1, 0.15) is 32.1 Å². The summed E-state index contributed by atoms with van der Waals surface area (Å²) in [5, 5.41) is 0. The summed E-state index contributed by atoms with van der Waals surface area (Å²) in [7, 11) is 9.02. The van der Waals surface area contributed by atoms with Crippen molar-refractivity contribution in [3.05, 3.63) is 0 Å². The molecule has 0 aromatic carbocycles. The van der Waals surface area contributed by atoms with Gasteiger partial charge in [-0.15, -0.1) is 0 Å². The summed E-state index contributed by atoms with van der Waals surface area (Å²) in [4.78, 5) is 0. The molecule has 0 bridgehead atoms. The van der Waals surface area contributed by atoms with Crippen molar-refractivity contribution < 1.29 is 18.9 Å². The Bertz CT molecular complexity index is 180. The Hall–Kier alpha value is 0.274. The Morgan fingerprint density at radius 1 is 0.571 bits per heavy atom. The van der Waals surface area contributed by atoms with E-state index in [2.05, 4.69) is 0 Å². The molecule has 0 amide bonds. The zero-order valence-corrected chi connectivity index (χ0v) is 16.2. The molecule has 0 N–H and O–H groups in total. The topological polar surface area (TPSA) is 36.9 Å². The first kappa shape index (κ1) is 21.3. The van der Waals surface area contributed by atoms with E-state index in [0.29, 0.717) is 0 Å². The van der Waals surface area contributed by atoms with Crippen LogP contribution in [0, 0.1) is 0 Å². The normalized spacial score (nSPS) is 11.7. The SMILES string of the molecule is COC(CCC[Si]CCC[Si]CCCC(OC)OC)OC. The van der Waals surface area contributed by atoms with Gasteiger partial charge in [-0.05, 0) is 12.8 Å². The minimum Gasteiger partial charge on any atom is -0.356 e. The molecule has 0 atom stereocenters. The second-order valence-electron chi connectivity index (χ2n) is 4.94. The highest BCUT2D eigenvalue weighted by Crippen LogP contribution is 2.09. The Kier molecular flexibility index (Phi) is 16.9. The van der Waals surface area contributed by atoms with E-state index in [1.165, 1.54) is 43.4 Å². The van der Waals surface area contributed by atoms with E-state index in [0.717, 1.165) is 31.9 Å². The molecule has 4 nitrogen and oxygen atoms in total. The van der Waals surface area contributed by atoms with Gasteiger partial charge in [0.25, 0.3) is 0 Å². The summed E-state index contributed by atoms with van der Waals surface area (Å²) in [6, 6.07) is 5.40. The molecule has 21 heavy (non-hydrogen) atoms. The number of ether oxygens (including phenoxy) is 4. The van der Waals surface area contributed by atoms with Crippen molar-refractivity contribution in [3.8, 4) is 0 Å². The van der Waals surface area contributed by atoms with E-state index >= 15 is 0 Å². The van der Waals surface area contributed by atoms with Crippen LogP contribution in [-0.2, 0) is 18.9 Å². The van der Waals surface area contributed by atoms with Crippen molar-refractivity contribution in [2.75, 3.05) is 28.4 Å². The molecule has 0 aliphatic carbocycles. The van der Waals surface area contributed by atoms with Crippen LogP contribution in [0.2, 0.25) is 24.2 Å². The number of hydrogen-bond donors (Lipinski definition) is 0. The maximum atomic E-state index is 5.18. The molecule has 0 saturated carbocycles. The fourth-order valence-corrected chi connectivity index (χ4v) is 4.66. The maximum Gasteiger partial charge on any atom is 0.156 e. The predicted molar refractivity (Wildman–Crippen MR) is 89.4 cm³/mol. The lowest BCUT2D eigenvalue weighted by Crippen LogP contribution is -2.12. The zero-order chi connectivity index (χ0) is 15.8. The van der Waals surface area contributed by atoms with Crippen LogP contribution in [0.3, 0.4) is 0 Å². The zero-order valence-electron chi connectivity index (χ0n) is 14.2. The molecule has 0 rings (SSSR count). The fraction of sp³-hybridized carbons (Fsp3) is 1.00. The monoisotopic (exact) mass is 332 g/mol. The average Bonchev–Trinajstić information content (AvgIpc) is 2.52. The Balaban J connectivity index is 3.15. The van der Waals surface area contributed by atoms with Crippen molar-refractivity contribution >= 4 is 19.0 Å². The Morgan fingerprint density at radius 3 is 1.24 bits per heavy atom. The third-order valence-corrected chi connectivity index (χ3v) is 6.17. The van der Waals surface area contributed by atoms with Gasteiger partial charge >= 0.3 is 0 Å². The minimum atomic E-state index is -0.0145. The van der Waals surface area contributed by atoms with Crippen LogP contribution in [0.15, 0.2) is 0 Å². The molecular formula is C15H32O4Si2. The van der Waals surface area contributed by atoms with Crippen molar-refractivity contribution in [2.45, 2.75) is 68.9 Å². The minimum absolute atomic E-state index is 0.0145. The summed E-state index contributed by atoms with van der Waals surface area (Å²) in [5.41, 5.74) is 0. The largest absolute Gasteiger partial charge is 0.356 e. The first-order chi connectivity index (χ1) is 10.3. The number of hydrogen-bond acceptors (Lipinski definition) is 4. The molecule has 0 heterocycles. The molecule has 0 fully saturated rings. The molecule has 0 spiro atoms. The van der Waals surface area contributed by atoms with Gasteiger partial charge in [0.15, 0.2) is 12.6 Å². The van der Waals surface area contributed by atoms with Crippen LogP contribution in [0.25, 0.3) is 0 Å². The van der Waals surface area contributed by atoms with E-state index < -0.39 is 0 Å². The number of rotatable bonds is 16. The van der Waals surface area contributed by atoms with Gasteiger partial charge in [0.2, 0.25) is 0 Å². The van der Waals surface area contributed by atoms with Gasteiger partial charge in [0, 0.05) is 47.5 Å². The highest BCUT2D eigenvalue weighted by atomic mass is 28.2. The predicted octanol–water partition coefficient (Wildman–Crippen LogP) is 3.26. The Morgan fingerprint density at radius 2 is 0.905 bits per heavy atom. The van der Waals surface area contributed by atoms with E-state index in [4.69, 9.17) is 18.9 Å². The van der Waals surface area contributed by atoms with E-state index in [1.54, 1.807) is 28.4 Å². The first-order valence-corrected chi connectivity index (χ1v) is 10.6. The highest BCUT2D eigenvalue weighted by molar-refractivity contribution is 6.37. The highest BCUT2D eigenvalue weighted by Gasteiger charge is 2.05. The van der Waals surface area contributed by atoms with Gasteiger partial charge < -0.3 is 18.9 Å². The van der Waals surface area contributed by atoms with Gasteiger partial charge in [-0.2, -0.15) is 0 Å². The van der Waals surface area contributed by atoms with Crippen LogP contribution in [0.5, 0.6) is 0 Å². The van der Waals surface area contributed by atoms with Crippen LogP contribution in [0.4, 0.5) is 0 Å². The molecule has 0 aromatic rings. The molecule has 0 aliphatic rings. The van der Waals surface area contributed by atoms with Crippen LogP contribution < -0.4 is 0 Å². The molecule has 0 saturated heterocycles. The van der Waals surface area contributed by atoms with E-state index in [9.17, 15) is 0 Å². The molecule has 0 aliphatic heterocycles. The standard InChI is InChI=1S/C15H32O4Si2/c1-16-14(17-2)8-5-10-20-12-7-13-21-11-6-9-15(18-3)19-4/h14-15H,5-13H2,1-4H3. The quantitative estimate of drug-likeness (QED) is 0.247. The summed E-state index contributed by atoms with van der Waals surface area (Å²) in [6.07, 6.45) is 5.81. The first-order valence-electron chi connectivity index (χ1n) is 7.81. The van der Waals surface area contributed by atoms with E-state index in [1.807, 2.05) is 0 Å². The molecule has 4 radical (unpaired) electrons. The van der Waals surface area contributed by atoms with E-state index in [-0.39, 0.29) is 12.6 Å². The molecular weight excluding hydrogens is 300 g/mol.